The second-order valence-corrected chi connectivity index (χ2v) is 6.10. The van der Waals surface area contributed by atoms with Gasteiger partial charge in [0.05, 0.1) is 5.84 Å². The minimum Gasteiger partial charge on any atom is -0.374 e. The Morgan fingerprint density at radius 2 is 1.56 bits per heavy atom. The normalized spacial score (nSPS) is 43.9. The summed E-state index contributed by atoms with van der Waals surface area (Å²) in [5, 5.41) is 11.5. The summed E-state index contributed by atoms with van der Waals surface area (Å²) in [6.45, 7) is 3.02. The predicted molar refractivity (Wildman–Crippen MR) is 69.3 cm³/mol. The molecule has 16 heavy (non-hydrogen) atoms. The molecule has 92 valence electrons. The molecule has 4 aliphatic rings. The standard InChI is InChI=1S/C13H22N2.ClH/c1-2-15-12(14)13-6-9-3-10(7-13)5-11(4-9)8-13;/h9-11H,2-8H2,1H3,(H2,14,15);1H. The average Bonchev–Trinajstić information content (AvgIpc) is 2.15. The Hall–Kier alpha value is -0.240. The minimum absolute atomic E-state index is 0. The molecule has 0 aliphatic heterocycles. The van der Waals surface area contributed by atoms with Crippen LogP contribution in [0.2, 0.25) is 0 Å². The lowest BCUT2D eigenvalue weighted by Gasteiger charge is -2.56. The summed E-state index contributed by atoms with van der Waals surface area (Å²) in [4.78, 5) is 0. The number of halogens is 1. The van der Waals surface area contributed by atoms with Crippen molar-refractivity contribution in [1.82, 2.24) is 5.32 Å². The van der Waals surface area contributed by atoms with Crippen molar-refractivity contribution in [2.45, 2.75) is 45.4 Å². The third-order valence-corrected chi connectivity index (χ3v) is 4.92. The van der Waals surface area contributed by atoms with Crippen LogP contribution in [-0.2, 0) is 0 Å². The second-order valence-electron chi connectivity index (χ2n) is 6.10. The first-order chi connectivity index (χ1) is 7.22. The number of amidine groups is 1. The summed E-state index contributed by atoms with van der Waals surface area (Å²) in [6, 6.07) is 0. The van der Waals surface area contributed by atoms with E-state index in [1.807, 2.05) is 0 Å². The number of hydrogen-bond donors (Lipinski definition) is 2. The highest BCUT2D eigenvalue weighted by Gasteiger charge is 2.52. The lowest BCUT2D eigenvalue weighted by atomic mass is 9.49. The van der Waals surface area contributed by atoms with Crippen LogP contribution in [0, 0.1) is 28.6 Å². The van der Waals surface area contributed by atoms with E-state index in [1.54, 1.807) is 0 Å². The maximum absolute atomic E-state index is 8.25. The van der Waals surface area contributed by atoms with Crippen LogP contribution >= 0.6 is 12.4 Å². The zero-order valence-corrected chi connectivity index (χ0v) is 10.9. The monoisotopic (exact) mass is 242 g/mol. The Morgan fingerprint density at radius 1 is 1.12 bits per heavy atom. The van der Waals surface area contributed by atoms with E-state index in [1.165, 1.54) is 38.5 Å². The van der Waals surface area contributed by atoms with Crippen LogP contribution in [0.5, 0.6) is 0 Å². The van der Waals surface area contributed by atoms with Crippen molar-refractivity contribution in [2.75, 3.05) is 6.54 Å². The summed E-state index contributed by atoms with van der Waals surface area (Å²) in [5.74, 6) is 3.73. The molecule has 0 saturated heterocycles. The van der Waals surface area contributed by atoms with Gasteiger partial charge in [-0.05, 0) is 63.2 Å². The summed E-state index contributed by atoms with van der Waals surface area (Å²) in [5.41, 5.74) is 0.282. The van der Waals surface area contributed by atoms with Gasteiger partial charge in [-0.3, -0.25) is 5.41 Å². The van der Waals surface area contributed by atoms with Gasteiger partial charge in [0.25, 0.3) is 0 Å². The molecule has 0 heterocycles. The van der Waals surface area contributed by atoms with Gasteiger partial charge < -0.3 is 5.32 Å². The van der Waals surface area contributed by atoms with Crippen molar-refractivity contribution >= 4 is 18.2 Å². The van der Waals surface area contributed by atoms with E-state index in [4.69, 9.17) is 5.41 Å². The molecule has 3 heteroatoms. The Labute approximate surface area is 104 Å². The quantitative estimate of drug-likeness (QED) is 0.566. The lowest BCUT2D eigenvalue weighted by Crippen LogP contribution is -2.53. The van der Waals surface area contributed by atoms with Crippen molar-refractivity contribution in [2.24, 2.45) is 23.2 Å². The van der Waals surface area contributed by atoms with Gasteiger partial charge in [-0.1, -0.05) is 0 Å². The summed E-state index contributed by atoms with van der Waals surface area (Å²) in [6.07, 6.45) is 8.34. The van der Waals surface area contributed by atoms with Crippen molar-refractivity contribution < 1.29 is 0 Å². The molecule has 0 aromatic heterocycles. The van der Waals surface area contributed by atoms with E-state index >= 15 is 0 Å². The fraction of sp³-hybridized carbons (Fsp3) is 0.923. The lowest BCUT2D eigenvalue weighted by molar-refractivity contribution is -0.0144. The molecule has 0 radical (unpaired) electrons. The van der Waals surface area contributed by atoms with Gasteiger partial charge in [0.1, 0.15) is 0 Å². The maximum atomic E-state index is 8.25. The van der Waals surface area contributed by atoms with Crippen LogP contribution in [0.15, 0.2) is 0 Å². The smallest absolute Gasteiger partial charge is 0.0995 e. The highest BCUT2D eigenvalue weighted by molar-refractivity contribution is 5.86. The van der Waals surface area contributed by atoms with Gasteiger partial charge in [-0.15, -0.1) is 12.4 Å². The van der Waals surface area contributed by atoms with Crippen LogP contribution < -0.4 is 5.32 Å². The largest absolute Gasteiger partial charge is 0.374 e. The fourth-order valence-electron chi connectivity index (χ4n) is 4.78. The summed E-state index contributed by atoms with van der Waals surface area (Å²) < 4.78 is 0. The molecule has 0 aromatic carbocycles. The van der Waals surface area contributed by atoms with Crippen LogP contribution in [0.4, 0.5) is 0 Å². The van der Waals surface area contributed by atoms with E-state index in [9.17, 15) is 0 Å². The van der Waals surface area contributed by atoms with Crippen LogP contribution in [0.1, 0.15) is 45.4 Å². The van der Waals surface area contributed by atoms with Crippen LogP contribution in [0.3, 0.4) is 0 Å². The van der Waals surface area contributed by atoms with Crippen molar-refractivity contribution in [3.63, 3.8) is 0 Å². The maximum Gasteiger partial charge on any atom is 0.0995 e. The van der Waals surface area contributed by atoms with Crippen molar-refractivity contribution in [3.8, 4) is 0 Å². The molecule has 2 nitrogen and oxygen atoms in total. The molecule has 4 aliphatic carbocycles. The van der Waals surface area contributed by atoms with Crippen LogP contribution in [-0.4, -0.2) is 12.4 Å². The van der Waals surface area contributed by atoms with E-state index in [0.29, 0.717) is 0 Å². The zero-order valence-electron chi connectivity index (χ0n) is 10.1. The Balaban J connectivity index is 0.000000963. The van der Waals surface area contributed by atoms with Gasteiger partial charge in [0.2, 0.25) is 0 Å². The molecule has 0 amide bonds. The topological polar surface area (TPSA) is 35.9 Å². The third-order valence-electron chi connectivity index (χ3n) is 4.92. The predicted octanol–water partition coefficient (Wildman–Crippen LogP) is 3.21. The molecule has 2 N–H and O–H groups in total. The Bertz CT molecular complexity index is 252. The first-order valence-electron chi connectivity index (χ1n) is 6.55. The van der Waals surface area contributed by atoms with Gasteiger partial charge in [0.15, 0.2) is 0 Å². The zero-order chi connectivity index (χ0) is 10.5. The Kier molecular flexibility index (Phi) is 3.22. The van der Waals surface area contributed by atoms with E-state index < -0.39 is 0 Å². The van der Waals surface area contributed by atoms with Gasteiger partial charge in [-0.2, -0.15) is 0 Å². The van der Waals surface area contributed by atoms with Crippen molar-refractivity contribution in [3.05, 3.63) is 0 Å². The van der Waals surface area contributed by atoms with Gasteiger partial charge in [-0.25, -0.2) is 0 Å². The molecule has 4 bridgehead atoms. The molecular weight excluding hydrogens is 220 g/mol. The SMILES string of the molecule is CCNC(=N)C12CC3CC(CC(C3)C1)C2.Cl. The molecule has 4 saturated carbocycles. The molecule has 0 unspecified atom stereocenters. The fourth-order valence-corrected chi connectivity index (χ4v) is 4.78. The summed E-state index contributed by atoms with van der Waals surface area (Å²) in [7, 11) is 0. The number of hydrogen-bond acceptors (Lipinski definition) is 1. The van der Waals surface area contributed by atoms with E-state index in [2.05, 4.69) is 12.2 Å². The first kappa shape index (κ1) is 12.2. The highest BCUT2D eigenvalue weighted by Crippen LogP contribution is 2.60. The first-order valence-corrected chi connectivity index (χ1v) is 6.55. The molecule has 0 spiro atoms. The second kappa shape index (κ2) is 4.21. The van der Waals surface area contributed by atoms with E-state index in [0.717, 1.165) is 30.1 Å². The van der Waals surface area contributed by atoms with Gasteiger partial charge >= 0.3 is 0 Å². The molecule has 4 rings (SSSR count). The molecule has 0 atom stereocenters. The third kappa shape index (κ3) is 1.75. The van der Waals surface area contributed by atoms with Crippen molar-refractivity contribution in [1.29, 1.82) is 5.41 Å². The summed E-state index contributed by atoms with van der Waals surface area (Å²) >= 11 is 0. The van der Waals surface area contributed by atoms with E-state index in [-0.39, 0.29) is 17.8 Å². The molecule has 0 aromatic rings. The number of nitrogens with one attached hydrogen (secondary N) is 2. The molecule has 4 fully saturated rings. The highest BCUT2D eigenvalue weighted by atomic mass is 35.5. The van der Waals surface area contributed by atoms with Gasteiger partial charge in [0, 0.05) is 12.0 Å². The Morgan fingerprint density at radius 3 is 1.94 bits per heavy atom. The minimum atomic E-state index is 0. The number of rotatable bonds is 2. The molecular formula is C13H23ClN2. The van der Waals surface area contributed by atoms with Crippen LogP contribution in [0.25, 0.3) is 0 Å². The average molecular weight is 243 g/mol.